The molecule has 0 aromatic carbocycles. The summed E-state index contributed by atoms with van der Waals surface area (Å²) in [5.41, 5.74) is 0.433. The van der Waals surface area contributed by atoms with Crippen molar-refractivity contribution in [2.45, 2.75) is 65.1 Å². The molecule has 2 fully saturated rings. The highest BCUT2D eigenvalue weighted by atomic mass is 16.5. The molecule has 1 aliphatic heterocycles. The molecule has 0 radical (unpaired) electrons. The zero-order valence-corrected chi connectivity index (χ0v) is 9.18. The second-order valence-electron chi connectivity index (χ2n) is 5.42. The molecule has 2 unspecified atom stereocenters. The van der Waals surface area contributed by atoms with E-state index in [-0.39, 0.29) is 0 Å². The van der Waals surface area contributed by atoms with Crippen LogP contribution >= 0.6 is 0 Å². The van der Waals surface area contributed by atoms with Crippen molar-refractivity contribution < 1.29 is 4.74 Å². The van der Waals surface area contributed by atoms with Crippen LogP contribution in [0.4, 0.5) is 0 Å². The van der Waals surface area contributed by atoms with E-state index in [4.69, 9.17) is 4.74 Å². The molecule has 2 atom stereocenters. The van der Waals surface area contributed by atoms with Gasteiger partial charge in [-0.1, -0.05) is 33.1 Å². The van der Waals surface area contributed by atoms with Gasteiger partial charge in [-0.05, 0) is 25.7 Å². The minimum Gasteiger partial charge on any atom is -0.374 e. The molecule has 0 N–H and O–H groups in total. The summed E-state index contributed by atoms with van der Waals surface area (Å²) in [6.45, 7) is 6.93. The molecular weight excluding hydrogens is 160 g/mol. The lowest BCUT2D eigenvalue weighted by atomic mass is 9.67. The third-order valence-corrected chi connectivity index (χ3v) is 4.21. The number of ether oxygens (including phenoxy) is 1. The summed E-state index contributed by atoms with van der Waals surface area (Å²) in [6.07, 6.45) is 8.13. The minimum atomic E-state index is 0.433. The lowest BCUT2D eigenvalue weighted by Crippen LogP contribution is -2.58. The maximum absolute atomic E-state index is 5.89. The first kappa shape index (κ1) is 9.51. The maximum Gasteiger partial charge on any atom is 0.0682 e. The first-order valence-corrected chi connectivity index (χ1v) is 5.78. The SMILES string of the molecule is CC1OC(C2CCCCC2)C1(C)C. The predicted octanol–water partition coefficient (Wildman–Crippen LogP) is 3.38. The van der Waals surface area contributed by atoms with Crippen LogP contribution in [-0.4, -0.2) is 12.2 Å². The Balaban J connectivity index is 1.94. The second-order valence-corrected chi connectivity index (χ2v) is 5.42. The van der Waals surface area contributed by atoms with Crippen molar-refractivity contribution in [2.75, 3.05) is 0 Å². The van der Waals surface area contributed by atoms with Crippen LogP contribution in [0.25, 0.3) is 0 Å². The van der Waals surface area contributed by atoms with Gasteiger partial charge in [0.2, 0.25) is 0 Å². The van der Waals surface area contributed by atoms with Crippen molar-refractivity contribution in [1.82, 2.24) is 0 Å². The zero-order chi connectivity index (χ0) is 9.47. The van der Waals surface area contributed by atoms with Gasteiger partial charge in [0.1, 0.15) is 0 Å². The zero-order valence-electron chi connectivity index (χ0n) is 9.18. The monoisotopic (exact) mass is 182 g/mol. The van der Waals surface area contributed by atoms with E-state index in [9.17, 15) is 0 Å². The smallest absolute Gasteiger partial charge is 0.0682 e. The molecular formula is C12H22O. The largest absolute Gasteiger partial charge is 0.374 e. The number of rotatable bonds is 1. The van der Waals surface area contributed by atoms with Crippen LogP contribution in [0.5, 0.6) is 0 Å². The Morgan fingerprint density at radius 2 is 1.69 bits per heavy atom. The van der Waals surface area contributed by atoms with E-state index in [0.717, 1.165) is 5.92 Å². The summed E-state index contributed by atoms with van der Waals surface area (Å²) in [6, 6.07) is 0. The van der Waals surface area contributed by atoms with Crippen LogP contribution in [0.3, 0.4) is 0 Å². The molecule has 1 heterocycles. The molecule has 0 aromatic heterocycles. The Morgan fingerprint density at radius 3 is 2.15 bits per heavy atom. The lowest BCUT2D eigenvalue weighted by molar-refractivity contribution is -0.250. The fourth-order valence-corrected chi connectivity index (χ4v) is 2.89. The highest BCUT2D eigenvalue weighted by Crippen LogP contribution is 2.47. The van der Waals surface area contributed by atoms with Gasteiger partial charge < -0.3 is 4.74 Å². The standard InChI is InChI=1S/C12H22O/c1-9-12(2,3)11(13-9)10-7-5-4-6-8-10/h9-11H,4-8H2,1-3H3. The highest BCUT2D eigenvalue weighted by molar-refractivity contribution is 4.97. The van der Waals surface area contributed by atoms with Crippen molar-refractivity contribution in [2.24, 2.45) is 11.3 Å². The first-order chi connectivity index (χ1) is 6.12. The average Bonchev–Trinajstić information content (AvgIpc) is 2.15. The van der Waals surface area contributed by atoms with Gasteiger partial charge in [0.15, 0.2) is 0 Å². The van der Waals surface area contributed by atoms with Gasteiger partial charge in [0, 0.05) is 5.41 Å². The predicted molar refractivity (Wildman–Crippen MR) is 54.7 cm³/mol. The van der Waals surface area contributed by atoms with Crippen LogP contribution in [0.15, 0.2) is 0 Å². The lowest BCUT2D eigenvalue weighted by Gasteiger charge is -2.54. The minimum absolute atomic E-state index is 0.433. The van der Waals surface area contributed by atoms with Crippen LogP contribution < -0.4 is 0 Å². The van der Waals surface area contributed by atoms with Gasteiger partial charge >= 0.3 is 0 Å². The third kappa shape index (κ3) is 1.52. The number of hydrogen-bond donors (Lipinski definition) is 0. The molecule has 0 bridgehead atoms. The van der Waals surface area contributed by atoms with Crippen LogP contribution in [0, 0.1) is 11.3 Å². The molecule has 0 aromatic rings. The van der Waals surface area contributed by atoms with Crippen LogP contribution in [0.1, 0.15) is 52.9 Å². The van der Waals surface area contributed by atoms with Crippen molar-refractivity contribution in [3.8, 4) is 0 Å². The van der Waals surface area contributed by atoms with Crippen LogP contribution in [0.2, 0.25) is 0 Å². The van der Waals surface area contributed by atoms with Gasteiger partial charge in [0.25, 0.3) is 0 Å². The Hall–Kier alpha value is -0.0400. The normalized spacial score (nSPS) is 39.9. The Morgan fingerprint density at radius 1 is 1.08 bits per heavy atom. The molecule has 0 spiro atoms. The summed E-state index contributed by atoms with van der Waals surface area (Å²) in [5, 5.41) is 0. The fraction of sp³-hybridized carbons (Fsp3) is 1.00. The van der Waals surface area contributed by atoms with Gasteiger partial charge in [-0.3, -0.25) is 0 Å². The van der Waals surface area contributed by atoms with Crippen molar-refractivity contribution in [3.05, 3.63) is 0 Å². The molecule has 2 aliphatic rings. The summed E-state index contributed by atoms with van der Waals surface area (Å²) >= 11 is 0. The Kier molecular flexibility index (Phi) is 2.39. The molecule has 1 saturated heterocycles. The van der Waals surface area contributed by atoms with Gasteiger partial charge in [0.05, 0.1) is 12.2 Å². The molecule has 1 heteroatoms. The molecule has 1 saturated carbocycles. The Bertz CT molecular complexity index is 180. The second kappa shape index (κ2) is 3.27. The molecule has 76 valence electrons. The van der Waals surface area contributed by atoms with E-state index >= 15 is 0 Å². The summed E-state index contributed by atoms with van der Waals surface area (Å²) in [4.78, 5) is 0. The summed E-state index contributed by atoms with van der Waals surface area (Å²) in [5.74, 6) is 0.861. The number of hydrogen-bond acceptors (Lipinski definition) is 1. The quantitative estimate of drug-likeness (QED) is 0.604. The third-order valence-electron chi connectivity index (χ3n) is 4.21. The summed E-state index contributed by atoms with van der Waals surface area (Å²) in [7, 11) is 0. The van der Waals surface area contributed by atoms with E-state index < -0.39 is 0 Å². The van der Waals surface area contributed by atoms with E-state index in [1.165, 1.54) is 32.1 Å². The topological polar surface area (TPSA) is 9.23 Å². The van der Waals surface area contributed by atoms with E-state index in [2.05, 4.69) is 20.8 Å². The Labute approximate surface area is 81.9 Å². The molecule has 2 rings (SSSR count). The van der Waals surface area contributed by atoms with E-state index in [1.807, 2.05) is 0 Å². The fourth-order valence-electron chi connectivity index (χ4n) is 2.89. The first-order valence-electron chi connectivity index (χ1n) is 5.78. The molecule has 1 nitrogen and oxygen atoms in total. The van der Waals surface area contributed by atoms with Gasteiger partial charge in [-0.15, -0.1) is 0 Å². The van der Waals surface area contributed by atoms with Crippen molar-refractivity contribution >= 4 is 0 Å². The highest BCUT2D eigenvalue weighted by Gasteiger charge is 2.50. The molecule has 13 heavy (non-hydrogen) atoms. The van der Waals surface area contributed by atoms with Crippen molar-refractivity contribution in [3.63, 3.8) is 0 Å². The van der Waals surface area contributed by atoms with Gasteiger partial charge in [-0.2, -0.15) is 0 Å². The molecule has 0 amide bonds. The van der Waals surface area contributed by atoms with Crippen molar-refractivity contribution in [1.29, 1.82) is 0 Å². The maximum atomic E-state index is 5.89. The van der Waals surface area contributed by atoms with Crippen LogP contribution in [-0.2, 0) is 4.74 Å². The van der Waals surface area contributed by atoms with Gasteiger partial charge in [-0.25, -0.2) is 0 Å². The average molecular weight is 182 g/mol. The van der Waals surface area contributed by atoms with E-state index in [0.29, 0.717) is 17.6 Å². The van der Waals surface area contributed by atoms with E-state index in [1.54, 1.807) is 0 Å². The summed E-state index contributed by atoms with van der Waals surface area (Å²) < 4.78 is 5.89. The molecule has 1 aliphatic carbocycles.